The molecule has 0 fully saturated rings. The van der Waals surface area contributed by atoms with Gasteiger partial charge in [-0.2, -0.15) is 0 Å². The quantitative estimate of drug-likeness (QED) is 0.0169. The lowest BCUT2D eigenvalue weighted by Crippen LogP contribution is -2.30. The largest absolute Gasteiger partial charge is 0.472 e. The summed E-state index contributed by atoms with van der Waals surface area (Å²) in [6, 6.07) is 0. The zero-order valence-electron chi connectivity index (χ0n) is 63.4. The first-order valence-corrected chi connectivity index (χ1v) is 42.8. The van der Waals surface area contributed by atoms with Crippen molar-refractivity contribution in [1.29, 1.82) is 0 Å². The monoisotopic (exact) mass is 1450 g/mol. The Labute approximate surface area is 608 Å². The number of hydrogen-bond donors (Lipinski definition) is 3. The van der Waals surface area contributed by atoms with Crippen LogP contribution in [-0.2, 0) is 65.4 Å². The summed E-state index contributed by atoms with van der Waals surface area (Å²) in [5, 5.41) is 10.6. The van der Waals surface area contributed by atoms with Crippen molar-refractivity contribution in [2.45, 2.75) is 367 Å². The smallest absolute Gasteiger partial charge is 0.462 e. The van der Waals surface area contributed by atoms with E-state index in [0.717, 1.165) is 154 Å². The van der Waals surface area contributed by atoms with Gasteiger partial charge in [-0.05, 0) is 122 Å². The number of carbonyl (C=O) groups excluding carboxylic acids is 4. The summed E-state index contributed by atoms with van der Waals surface area (Å²) in [4.78, 5) is 72.9. The molecule has 0 heterocycles. The van der Waals surface area contributed by atoms with Gasteiger partial charge in [0, 0.05) is 25.7 Å². The lowest BCUT2D eigenvalue weighted by atomic mass is 10.0. The fraction of sp³-hybridized carbons (Fsp3) is 0.778. The van der Waals surface area contributed by atoms with Gasteiger partial charge in [0.05, 0.1) is 26.4 Å². The predicted molar refractivity (Wildman–Crippen MR) is 409 cm³/mol. The maximum Gasteiger partial charge on any atom is 0.472 e. The molecule has 0 aromatic heterocycles. The number of rotatable bonds is 75. The normalized spacial score (nSPS) is 14.3. The van der Waals surface area contributed by atoms with Crippen LogP contribution in [0.5, 0.6) is 0 Å². The van der Waals surface area contributed by atoms with Gasteiger partial charge in [-0.15, -0.1) is 0 Å². The molecule has 0 spiro atoms. The fourth-order valence-corrected chi connectivity index (χ4v) is 12.3. The fourth-order valence-electron chi connectivity index (χ4n) is 10.8. The molecule has 100 heavy (non-hydrogen) atoms. The Bertz CT molecular complexity index is 2230. The lowest BCUT2D eigenvalue weighted by molar-refractivity contribution is -0.161. The van der Waals surface area contributed by atoms with E-state index in [1.807, 2.05) is 0 Å². The average molecular weight is 1450 g/mol. The van der Waals surface area contributed by atoms with Gasteiger partial charge >= 0.3 is 39.5 Å². The second-order valence-corrected chi connectivity index (χ2v) is 29.5. The molecule has 5 atom stereocenters. The molecule has 580 valence electrons. The van der Waals surface area contributed by atoms with Crippen molar-refractivity contribution in [3.63, 3.8) is 0 Å². The lowest BCUT2D eigenvalue weighted by Gasteiger charge is -2.21. The molecule has 0 aliphatic carbocycles. The van der Waals surface area contributed by atoms with E-state index in [4.69, 9.17) is 37.0 Å². The van der Waals surface area contributed by atoms with Crippen molar-refractivity contribution in [1.82, 2.24) is 0 Å². The number of hydrogen-bond acceptors (Lipinski definition) is 15. The number of unbranched alkanes of at least 4 members (excludes halogenated alkanes) is 35. The molecule has 0 aliphatic heterocycles. The molecule has 3 N–H and O–H groups in total. The Balaban J connectivity index is 5.36. The second kappa shape index (κ2) is 73.5. The molecule has 0 bridgehead atoms. The summed E-state index contributed by atoms with van der Waals surface area (Å²) in [5.74, 6) is -2.21. The van der Waals surface area contributed by atoms with Crippen LogP contribution in [0.2, 0.25) is 0 Å². The van der Waals surface area contributed by atoms with Crippen molar-refractivity contribution in [2.75, 3.05) is 39.6 Å². The molecule has 0 saturated carbocycles. The van der Waals surface area contributed by atoms with Crippen molar-refractivity contribution in [3.8, 4) is 0 Å². The van der Waals surface area contributed by atoms with E-state index in [0.29, 0.717) is 25.7 Å². The standard InChI is InChI=1S/C81H144O17P2/c1-5-9-13-17-21-25-29-33-35-36-37-38-40-43-46-50-54-58-62-66-79(84)92-72-77(98-81(86)68-64-60-56-52-48-44-39-34-30-26-22-18-14-10-6-2)74-96-100(89,90)94-70-75(82)69-93-99(87,88)95-73-76(97-80(85)67-63-59-55-51-47-42-32-28-24-20-16-12-8-4)71-91-78(83)65-61-57-53-49-45-41-31-27-23-19-15-11-7-3/h9,13,21,25,27-28,31-33,35,37-38,43,46,75-77,82H,5-8,10-12,14-20,22-24,26,29-30,34,36,39-42,44-45,47-74H2,1-4H3,(H,87,88)(H,89,90)/b13-9-,25-21-,31-27-,32-28-,35-33-,38-37-,46-43-/t75-,76+,77+/m0/s1. The van der Waals surface area contributed by atoms with Gasteiger partial charge in [0.1, 0.15) is 19.3 Å². The molecule has 2 unspecified atom stereocenters. The van der Waals surface area contributed by atoms with Gasteiger partial charge in [0.25, 0.3) is 0 Å². The van der Waals surface area contributed by atoms with Crippen LogP contribution < -0.4 is 0 Å². The summed E-state index contributed by atoms with van der Waals surface area (Å²) in [6.07, 6.45) is 75.6. The van der Waals surface area contributed by atoms with Crippen LogP contribution in [0, 0.1) is 0 Å². The first kappa shape index (κ1) is 96.2. The van der Waals surface area contributed by atoms with Crippen molar-refractivity contribution < 1.29 is 80.2 Å². The van der Waals surface area contributed by atoms with E-state index in [9.17, 15) is 43.2 Å². The number of phosphoric ester groups is 2. The molecule has 0 amide bonds. The summed E-state index contributed by atoms with van der Waals surface area (Å²) in [5.41, 5.74) is 0. The highest BCUT2D eigenvalue weighted by molar-refractivity contribution is 7.47. The van der Waals surface area contributed by atoms with Gasteiger partial charge in [0.15, 0.2) is 12.2 Å². The predicted octanol–water partition coefficient (Wildman–Crippen LogP) is 23.0. The number of ether oxygens (including phenoxy) is 4. The molecule has 0 radical (unpaired) electrons. The molecular formula is C81H144O17P2. The number of allylic oxidation sites excluding steroid dienone is 14. The minimum atomic E-state index is -4.98. The van der Waals surface area contributed by atoms with E-state index in [-0.39, 0.29) is 25.7 Å². The minimum Gasteiger partial charge on any atom is -0.462 e. The highest BCUT2D eigenvalue weighted by Gasteiger charge is 2.30. The van der Waals surface area contributed by atoms with E-state index in [1.165, 1.54) is 116 Å². The van der Waals surface area contributed by atoms with E-state index >= 15 is 0 Å². The summed E-state index contributed by atoms with van der Waals surface area (Å²) in [6.45, 7) is 4.73. The third-order valence-corrected chi connectivity index (χ3v) is 18.7. The van der Waals surface area contributed by atoms with Gasteiger partial charge in [-0.1, -0.05) is 286 Å². The zero-order valence-corrected chi connectivity index (χ0v) is 65.2. The Morgan fingerprint density at radius 2 is 0.520 bits per heavy atom. The third kappa shape index (κ3) is 72.6. The van der Waals surface area contributed by atoms with Crippen LogP contribution in [0.15, 0.2) is 85.1 Å². The van der Waals surface area contributed by atoms with E-state index in [1.54, 1.807) is 0 Å². The summed E-state index contributed by atoms with van der Waals surface area (Å²) < 4.78 is 68.5. The first-order valence-electron chi connectivity index (χ1n) is 39.8. The molecule has 0 saturated heterocycles. The zero-order chi connectivity index (χ0) is 73.2. The van der Waals surface area contributed by atoms with E-state index < -0.39 is 97.5 Å². The molecule has 0 aromatic rings. The Kier molecular flexibility index (Phi) is 70.8. The summed E-state index contributed by atoms with van der Waals surface area (Å²) in [7, 11) is -9.95. The van der Waals surface area contributed by atoms with Crippen LogP contribution in [0.3, 0.4) is 0 Å². The maximum absolute atomic E-state index is 13.1. The Morgan fingerprint density at radius 3 is 0.830 bits per heavy atom. The molecule has 0 rings (SSSR count). The highest BCUT2D eigenvalue weighted by atomic mass is 31.2. The first-order chi connectivity index (χ1) is 48.7. The number of esters is 4. The minimum absolute atomic E-state index is 0.0852. The molecule has 19 heteroatoms. The van der Waals surface area contributed by atoms with Crippen LogP contribution in [0.1, 0.15) is 349 Å². The summed E-state index contributed by atoms with van der Waals surface area (Å²) >= 11 is 0. The van der Waals surface area contributed by atoms with E-state index in [2.05, 4.69) is 113 Å². The Morgan fingerprint density at radius 1 is 0.290 bits per heavy atom. The second-order valence-electron chi connectivity index (χ2n) is 26.6. The number of aliphatic hydroxyl groups excluding tert-OH is 1. The van der Waals surface area contributed by atoms with Gasteiger partial charge < -0.3 is 33.8 Å². The third-order valence-electron chi connectivity index (χ3n) is 16.8. The highest BCUT2D eigenvalue weighted by Crippen LogP contribution is 2.45. The molecule has 0 aromatic carbocycles. The van der Waals surface area contributed by atoms with Crippen molar-refractivity contribution in [2.24, 2.45) is 0 Å². The average Bonchev–Trinajstić information content (AvgIpc) is 0.946. The maximum atomic E-state index is 13.1. The topological polar surface area (TPSA) is 237 Å². The SMILES string of the molecule is CC/C=C\C/C=C\C/C=C\C/C=C\C/C=C\CCCCCC(=O)OC[C@H](COP(=O)(O)OC[C@@H](O)COP(=O)(O)OC[C@@H](COC(=O)CCCCCCC/C=C\CCCCCC)OC(=O)CCCCCCC/C=C\CCCCCC)OC(=O)CCCCCCCCCCCCCCCCC. The van der Waals surface area contributed by atoms with Crippen LogP contribution in [-0.4, -0.2) is 96.7 Å². The number of carbonyl (C=O) groups is 4. The molecule has 17 nitrogen and oxygen atoms in total. The van der Waals surface area contributed by atoms with Gasteiger partial charge in [-0.3, -0.25) is 37.3 Å². The van der Waals surface area contributed by atoms with Gasteiger partial charge in [-0.25, -0.2) is 9.13 Å². The van der Waals surface area contributed by atoms with Crippen molar-refractivity contribution >= 4 is 39.5 Å². The van der Waals surface area contributed by atoms with Crippen LogP contribution in [0.4, 0.5) is 0 Å². The Hall–Kier alpha value is -3.76. The van der Waals surface area contributed by atoms with Crippen molar-refractivity contribution in [3.05, 3.63) is 85.1 Å². The number of phosphoric acid groups is 2. The molecular weight excluding hydrogens is 1310 g/mol. The molecule has 0 aliphatic rings. The van der Waals surface area contributed by atoms with Crippen LogP contribution >= 0.6 is 15.6 Å². The van der Waals surface area contributed by atoms with Gasteiger partial charge in [0.2, 0.25) is 0 Å². The number of aliphatic hydroxyl groups is 1. The van der Waals surface area contributed by atoms with Crippen LogP contribution in [0.25, 0.3) is 0 Å².